The van der Waals surface area contributed by atoms with Crippen LogP contribution >= 0.6 is 0 Å². The van der Waals surface area contributed by atoms with Gasteiger partial charge < -0.3 is 9.84 Å². The molecule has 2 N–H and O–H groups in total. The molecular formula is C12H17NO3. The molecule has 0 fully saturated rings. The van der Waals surface area contributed by atoms with Crippen molar-refractivity contribution >= 4 is 11.8 Å². The first kappa shape index (κ1) is 12.5. The van der Waals surface area contributed by atoms with Crippen molar-refractivity contribution in [1.29, 1.82) is 0 Å². The molecular weight excluding hydrogens is 206 g/mol. The van der Waals surface area contributed by atoms with E-state index in [1.807, 2.05) is 26.0 Å². The highest BCUT2D eigenvalue weighted by atomic mass is 16.5. The maximum Gasteiger partial charge on any atom is 0.411 e. The molecule has 1 aromatic carbocycles. The molecule has 4 nitrogen and oxygen atoms in total. The smallest absolute Gasteiger partial charge is 0.411 e. The lowest BCUT2D eigenvalue weighted by Gasteiger charge is -2.22. The lowest BCUT2D eigenvalue weighted by molar-refractivity contribution is 0.187. The van der Waals surface area contributed by atoms with E-state index >= 15 is 0 Å². The van der Waals surface area contributed by atoms with Crippen molar-refractivity contribution in [3.63, 3.8) is 0 Å². The number of hydrogen-bond donors (Lipinski definition) is 2. The number of ether oxygens (including phenoxy) is 1. The van der Waals surface area contributed by atoms with Crippen molar-refractivity contribution in [2.75, 3.05) is 19.0 Å². The molecule has 0 radical (unpaired) electrons. The van der Waals surface area contributed by atoms with Crippen LogP contribution < -0.4 is 5.32 Å². The van der Waals surface area contributed by atoms with Crippen LogP contribution in [-0.4, -0.2) is 24.9 Å². The van der Waals surface area contributed by atoms with Gasteiger partial charge in [-0.25, -0.2) is 4.79 Å². The second-order valence-corrected chi connectivity index (χ2v) is 4.24. The first-order valence-corrected chi connectivity index (χ1v) is 5.06. The molecule has 1 rings (SSSR count). The lowest BCUT2D eigenvalue weighted by atomic mass is 9.86. The first-order chi connectivity index (χ1) is 7.49. The van der Waals surface area contributed by atoms with E-state index in [4.69, 9.17) is 0 Å². The summed E-state index contributed by atoms with van der Waals surface area (Å²) in [7, 11) is 1.32. The molecule has 0 aromatic heterocycles. The number of rotatable bonds is 3. The summed E-state index contributed by atoms with van der Waals surface area (Å²) in [6.07, 6.45) is -0.492. The molecule has 0 spiro atoms. The molecule has 0 aliphatic heterocycles. The molecule has 0 atom stereocenters. The number of nitrogens with one attached hydrogen (secondary N) is 1. The van der Waals surface area contributed by atoms with Gasteiger partial charge in [0.1, 0.15) is 0 Å². The summed E-state index contributed by atoms with van der Waals surface area (Å²) < 4.78 is 4.48. The van der Waals surface area contributed by atoms with Crippen molar-refractivity contribution < 1.29 is 14.6 Å². The Morgan fingerprint density at radius 1 is 1.38 bits per heavy atom. The molecule has 0 saturated heterocycles. The Balaban J connectivity index is 2.79. The predicted molar refractivity (Wildman–Crippen MR) is 62.6 cm³/mol. The number of anilines is 1. The number of aliphatic hydroxyl groups excluding tert-OH is 1. The third-order valence-corrected chi connectivity index (χ3v) is 2.49. The molecule has 1 amide bonds. The molecule has 4 heteroatoms. The van der Waals surface area contributed by atoms with Gasteiger partial charge in [0.15, 0.2) is 0 Å². The van der Waals surface area contributed by atoms with Crippen molar-refractivity contribution in [2.24, 2.45) is 0 Å². The normalized spacial score (nSPS) is 11.0. The van der Waals surface area contributed by atoms with Gasteiger partial charge in [-0.05, 0) is 17.7 Å². The van der Waals surface area contributed by atoms with Gasteiger partial charge in [-0.3, -0.25) is 5.32 Å². The van der Waals surface area contributed by atoms with Crippen LogP contribution in [-0.2, 0) is 10.2 Å². The first-order valence-electron chi connectivity index (χ1n) is 5.06. The Hall–Kier alpha value is -1.55. The van der Waals surface area contributed by atoms with E-state index in [0.29, 0.717) is 5.69 Å². The fourth-order valence-corrected chi connectivity index (χ4v) is 1.26. The third kappa shape index (κ3) is 2.97. The lowest BCUT2D eigenvalue weighted by Crippen LogP contribution is -2.22. The van der Waals surface area contributed by atoms with E-state index in [2.05, 4.69) is 10.1 Å². The highest BCUT2D eigenvalue weighted by Gasteiger charge is 2.18. The summed E-state index contributed by atoms with van der Waals surface area (Å²) in [5.41, 5.74) is 1.42. The average molecular weight is 223 g/mol. The van der Waals surface area contributed by atoms with Gasteiger partial charge in [-0.2, -0.15) is 0 Å². The minimum Gasteiger partial charge on any atom is -0.453 e. The second-order valence-electron chi connectivity index (χ2n) is 4.24. The Morgan fingerprint density at radius 3 is 2.38 bits per heavy atom. The van der Waals surface area contributed by atoms with E-state index in [-0.39, 0.29) is 12.0 Å². The molecule has 0 heterocycles. The largest absolute Gasteiger partial charge is 0.453 e. The molecule has 88 valence electrons. The van der Waals surface area contributed by atoms with Gasteiger partial charge in [-0.1, -0.05) is 26.0 Å². The van der Waals surface area contributed by atoms with Crippen LogP contribution in [0.4, 0.5) is 10.5 Å². The minimum atomic E-state index is -0.492. The van der Waals surface area contributed by atoms with Gasteiger partial charge in [-0.15, -0.1) is 0 Å². The van der Waals surface area contributed by atoms with Crippen LogP contribution in [0.15, 0.2) is 24.3 Å². The van der Waals surface area contributed by atoms with E-state index in [1.165, 1.54) is 7.11 Å². The fraction of sp³-hybridized carbons (Fsp3) is 0.417. The van der Waals surface area contributed by atoms with Gasteiger partial charge in [0, 0.05) is 11.1 Å². The molecule has 16 heavy (non-hydrogen) atoms. The maximum absolute atomic E-state index is 10.9. The number of aliphatic hydroxyl groups is 1. The highest BCUT2D eigenvalue weighted by molar-refractivity contribution is 5.84. The monoisotopic (exact) mass is 223 g/mol. The number of carbonyl (C=O) groups excluding carboxylic acids is 1. The van der Waals surface area contributed by atoms with Gasteiger partial charge >= 0.3 is 6.09 Å². The SMILES string of the molecule is COC(=O)Nc1ccc(C(C)(C)CO)cc1. The third-order valence-electron chi connectivity index (χ3n) is 2.49. The summed E-state index contributed by atoms with van der Waals surface area (Å²) in [6, 6.07) is 7.32. The molecule has 0 unspecified atom stereocenters. The number of benzene rings is 1. The number of carbonyl (C=O) groups is 1. The molecule has 0 saturated carbocycles. The van der Waals surface area contributed by atoms with Crippen molar-refractivity contribution in [1.82, 2.24) is 0 Å². The Morgan fingerprint density at radius 2 is 1.94 bits per heavy atom. The van der Waals surface area contributed by atoms with E-state index in [0.717, 1.165) is 5.56 Å². The number of hydrogen-bond acceptors (Lipinski definition) is 3. The maximum atomic E-state index is 10.9. The van der Waals surface area contributed by atoms with Crippen LogP contribution in [0, 0.1) is 0 Å². The zero-order valence-corrected chi connectivity index (χ0v) is 9.78. The van der Waals surface area contributed by atoms with Crippen LogP contribution in [0.2, 0.25) is 0 Å². The van der Waals surface area contributed by atoms with E-state index in [1.54, 1.807) is 12.1 Å². The zero-order chi connectivity index (χ0) is 12.2. The summed E-state index contributed by atoms with van der Waals surface area (Å²) in [4.78, 5) is 10.9. The molecule has 0 bridgehead atoms. The minimum absolute atomic E-state index is 0.0801. The van der Waals surface area contributed by atoms with Crippen LogP contribution in [0.3, 0.4) is 0 Å². The summed E-state index contributed by atoms with van der Waals surface area (Å²) in [5.74, 6) is 0. The van der Waals surface area contributed by atoms with Crippen molar-refractivity contribution in [3.05, 3.63) is 29.8 Å². The van der Waals surface area contributed by atoms with E-state index < -0.39 is 6.09 Å². The van der Waals surface area contributed by atoms with Crippen LogP contribution in [0.5, 0.6) is 0 Å². The second kappa shape index (κ2) is 4.99. The standard InChI is InChI=1S/C12H17NO3/c1-12(2,8-14)9-4-6-10(7-5-9)13-11(15)16-3/h4-7,14H,8H2,1-3H3,(H,13,15). The van der Waals surface area contributed by atoms with E-state index in [9.17, 15) is 9.90 Å². The summed E-state index contributed by atoms with van der Waals surface area (Å²) >= 11 is 0. The quantitative estimate of drug-likeness (QED) is 0.825. The van der Waals surface area contributed by atoms with Gasteiger partial charge in [0.05, 0.1) is 13.7 Å². The molecule has 0 aliphatic rings. The average Bonchev–Trinajstić information content (AvgIpc) is 2.29. The zero-order valence-electron chi connectivity index (χ0n) is 9.78. The Kier molecular flexibility index (Phi) is 3.90. The summed E-state index contributed by atoms with van der Waals surface area (Å²) in [5, 5.41) is 11.8. The van der Waals surface area contributed by atoms with Crippen LogP contribution in [0.25, 0.3) is 0 Å². The van der Waals surface area contributed by atoms with Gasteiger partial charge in [0.2, 0.25) is 0 Å². The summed E-state index contributed by atoms with van der Waals surface area (Å²) in [6.45, 7) is 3.99. The van der Waals surface area contributed by atoms with Gasteiger partial charge in [0.25, 0.3) is 0 Å². The Labute approximate surface area is 95.2 Å². The van der Waals surface area contributed by atoms with Crippen LogP contribution in [0.1, 0.15) is 19.4 Å². The van der Waals surface area contributed by atoms with Crippen molar-refractivity contribution in [3.8, 4) is 0 Å². The highest BCUT2D eigenvalue weighted by Crippen LogP contribution is 2.23. The number of amides is 1. The fourth-order valence-electron chi connectivity index (χ4n) is 1.26. The predicted octanol–water partition coefficient (Wildman–Crippen LogP) is 2.13. The van der Waals surface area contributed by atoms with Crippen molar-refractivity contribution in [2.45, 2.75) is 19.3 Å². The molecule has 1 aromatic rings. The Bertz CT molecular complexity index is 357. The number of methoxy groups -OCH3 is 1. The molecule has 0 aliphatic carbocycles. The topological polar surface area (TPSA) is 58.6 Å².